The lowest BCUT2D eigenvalue weighted by Crippen LogP contribution is -2.33. The van der Waals surface area contributed by atoms with Gasteiger partial charge in [-0.2, -0.15) is 0 Å². The number of hydrogen-bond donors (Lipinski definition) is 2. The molecule has 0 radical (unpaired) electrons. The fourth-order valence-corrected chi connectivity index (χ4v) is 4.45. The maximum absolute atomic E-state index is 12.3. The molecule has 2 heterocycles. The van der Waals surface area contributed by atoms with Crippen molar-refractivity contribution in [2.24, 2.45) is 0 Å². The maximum Gasteiger partial charge on any atom is 0.251 e. The van der Waals surface area contributed by atoms with Crippen molar-refractivity contribution < 1.29 is 22.7 Å². The Morgan fingerprint density at radius 1 is 1.11 bits per heavy atom. The Morgan fingerprint density at radius 2 is 1.82 bits per heavy atom. The van der Waals surface area contributed by atoms with Crippen molar-refractivity contribution in [2.75, 3.05) is 32.8 Å². The molecule has 2 saturated heterocycles. The van der Waals surface area contributed by atoms with Crippen molar-refractivity contribution in [2.45, 2.75) is 43.1 Å². The largest absolute Gasteiger partial charge is 0.377 e. The Kier molecular flexibility index (Phi) is 7.03. The molecule has 1 aromatic carbocycles. The van der Waals surface area contributed by atoms with E-state index >= 15 is 0 Å². The monoisotopic (exact) mass is 409 g/mol. The minimum absolute atomic E-state index is 0.0524. The van der Waals surface area contributed by atoms with E-state index in [-0.39, 0.29) is 42.3 Å². The quantitative estimate of drug-likeness (QED) is 0.663. The van der Waals surface area contributed by atoms with Crippen molar-refractivity contribution in [1.29, 1.82) is 0 Å². The number of benzene rings is 1. The highest BCUT2D eigenvalue weighted by atomic mass is 32.2. The Balaban J connectivity index is 1.47. The van der Waals surface area contributed by atoms with Crippen LogP contribution >= 0.6 is 0 Å². The van der Waals surface area contributed by atoms with Crippen molar-refractivity contribution in [3.63, 3.8) is 0 Å². The van der Waals surface area contributed by atoms with Crippen LogP contribution in [0.5, 0.6) is 0 Å². The molecule has 8 nitrogen and oxygen atoms in total. The van der Waals surface area contributed by atoms with Gasteiger partial charge in [0.15, 0.2) is 0 Å². The SMILES string of the molecule is O=C(NCCC(=O)N1CCCC1)c1ccc(S(=O)(=O)NCC2CCCO2)cc1. The summed E-state index contributed by atoms with van der Waals surface area (Å²) in [6.45, 7) is 2.76. The molecule has 2 aliphatic heterocycles. The van der Waals surface area contributed by atoms with Gasteiger partial charge in [-0.25, -0.2) is 13.1 Å². The summed E-state index contributed by atoms with van der Waals surface area (Å²) in [5.74, 6) is -0.276. The predicted molar refractivity (Wildman–Crippen MR) is 103 cm³/mol. The summed E-state index contributed by atoms with van der Waals surface area (Å²) in [6, 6.07) is 5.75. The first-order valence-electron chi connectivity index (χ1n) is 9.73. The highest BCUT2D eigenvalue weighted by Gasteiger charge is 2.21. The van der Waals surface area contributed by atoms with E-state index in [2.05, 4.69) is 10.0 Å². The van der Waals surface area contributed by atoms with Crippen molar-refractivity contribution in [3.05, 3.63) is 29.8 Å². The van der Waals surface area contributed by atoms with Gasteiger partial charge in [-0.3, -0.25) is 9.59 Å². The van der Waals surface area contributed by atoms with Crippen molar-refractivity contribution in [1.82, 2.24) is 14.9 Å². The molecule has 0 spiro atoms. The summed E-state index contributed by atoms with van der Waals surface area (Å²) in [6.07, 6.45) is 4.06. The minimum atomic E-state index is -3.64. The normalized spacial score (nSPS) is 19.7. The van der Waals surface area contributed by atoms with Gasteiger partial charge in [0.25, 0.3) is 5.91 Å². The Morgan fingerprint density at radius 3 is 2.46 bits per heavy atom. The average Bonchev–Trinajstić information content (AvgIpc) is 3.40. The summed E-state index contributed by atoms with van der Waals surface area (Å²) in [5, 5.41) is 2.71. The third-order valence-corrected chi connectivity index (χ3v) is 6.47. The van der Waals surface area contributed by atoms with Crippen LogP contribution in [0.15, 0.2) is 29.2 Å². The van der Waals surface area contributed by atoms with E-state index in [9.17, 15) is 18.0 Å². The number of carbonyl (C=O) groups is 2. The molecule has 0 saturated carbocycles. The van der Waals surface area contributed by atoms with Crippen LogP contribution in [0.1, 0.15) is 42.5 Å². The smallest absolute Gasteiger partial charge is 0.251 e. The number of nitrogens with zero attached hydrogens (tertiary/aromatic N) is 1. The lowest BCUT2D eigenvalue weighted by molar-refractivity contribution is -0.129. The zero-order chi connectivity index (χ0) is 20.0. The Labute approximate surface area is 165 Å². The summed E-state index contributed by atoms with van der Waals surface area (Å²) >= 11 is 0. The minimum Gasteiger partial charge on any atom is -0.377 e. The van der Waals surface area contributed by atoms with Crippen molar-refractivity contribution in [3.8, 4) is 0 Å². The molecule has 2 N–H and O–H groups in total. The highest BCUT2D eigenvalue weighted by molar-refractivity contribution is 7.89. The lowest BCUT2D eigenvalue weighted by Gasteiger charge is -2.15. The second-order valence-corrected chi connectivity index (χ2v) is 8.87. The fourth-order valence-electron chi connectivity index (χ4n) is 3.39. The van der Waals surface area contributed by atoms with Crippen LogP contribution in [0.4, 0.5) is 0 Å². The van der Waals surface area contributed by atoms with Gasteiger partial charge in [0.1, 0.15) is 0 Å². The van der Waals surface area contributed by atoms with Crippen molar-refractivity contribution >= 4 is 21.8 Å². The van der Waals surface area contributed by atoms with E-state index in [1.54, 1.807) is 0 Å². The number of nitrogens with one attached hydrogen (secondary N) is 2. The van der Waals surface area contributed by atoms with Gasteiger partial charge in [-0.15, -0.1) is 0 Å². The molecule has 28 heavy (non-hydrogen) atoms. The highest BCUT2D eigenvalue weighted by Crippen LogP contribution is 2.14. The topological polar surface area (TPSA) is 105 Å². The molecule has 9 heteroatoms. The first-order chi connectivity index (χ1) is 13.5. The first kappa shape index (κ1) is 20.8. The molecule has 1 aromatic rings. The molecule has 0 aromatic heterocycles. The first-order valence-corrected chi connectivity index (χ1v) is 11.2. The van der Waals surface area contributed by atoms with Gasteiger partial charge < -0.3 is 15.0 Å². The molecule has 1 atom stereocenters. The third-order valence-electron chi connectivity index (χ3n) is 5.04. The zero-order valence-corrected chi connectivity index (χ0v) is 16.7. The van der Waals surface area contributed by atoms with E-state index in [1.807, 2.05) is 4.90 Å². The summed E-state index contributed by atoms with van der Waals surface area (Å²) in [4.78, 5) is 26.1. The molecule has 0 bridgehead atoms. The van der Waals surface area contributed by atoms with E-state index in [0.717, 1.165) is 38.8 Å². The van der Waals surface area contributed by atoms with E-state index < -0.39 is 10.0 Å². The van der Waals surface area contributed by atoms with E-state index in [0.29, 0.717) is 12.2 Å². The van der Waals surface area contributed by atoms with Crippen LogP contribution in [0.2, 0.25) is 0 Å². The van der Waals surface area contributed by atoms with E-state index in [4.69, 9.17) is 4.74 Å². The van der Waals surface area contributed by atoms with Crippen LogP contribution in [-0.4, -0.2) is 64.0 Å². The van der Waals surface area contributed by atoms with Gasteiger partial charge in [-0.1, -0.05) is 0 Å². The Bertz CT molecular complexity index is 782. The number of ether oxygens (including phenoxy) is 1. The van der Waals surface area contributed by atoms with Gasteiger partial charge in [0, 0.05) is 44.8 Å². The van der Waals surface area contributed by atoms with Gasteiger partial charge in [0.2, 0.25) is 15.9 Å². The second-order valence-electron chi connectivity index (χ2n) is 7.11. The summed E-state index contributed by atoms with van der Waals surface area (Å²) < 4.78 is 32.6. The molecular weight excluding hydrogens is 382 g/mol. The average molecular weight is 410 g/mol. The molecule has 2 fully saturated rings. The summed E-state index contributed by atoms with van der Waals surface area (Å²) in [5.41, 5.74) is 0.353. The number of hydrogen-bond acceptors (Lipinski definition) is 5. The predicted octanol–water partition coefficient (Wildman–Crippen LogP) is 0.886. The molecule has 2 amide bonds. The van der Waals surface area contributed by atoms with Crippen LogP contribution in [0.3, 0.4) is 0 Å². The van der Waals surface area contributed by atoms with Gasteiger partial charge >= 0.3 is 0 Å². The van der Waals surface area contributed by atoms with Crippen LogP contribution in [0.25, 0.3) is 0 Å². The van der Waals surface area contributed by atoms with Crippen LogP contribution < -0.4 is 10.0 Å². The van der Waals surface area contributed by atoms with Gasteiger partial charge in [-0.05, 0) is 49.9 Å². The third kappa shape index (κ3) is 5.52. The molecular formula is C19H27N3O5S. The zero-order valence-electron chi connectivity index (χ0n) is 15.9. The second kappa shape index (κ2) is 9.49. The maximum atomic E-state index is 12.3. The molecule has 1 unspecified atom stereocenters. The fraction of sp³-hybridized carbons (Fsp3) is 0.579. The molecule has 2 aliphatic rings. The number of carbonyl (C=O) groups excluding carboxylic acids is 2. The number of likely N-dealkylation sites (tertiary alicyclic amines) is 1. The molecule has 3 rings (SSSR count). The number of sulfonamides is 1. The number of rotatable bonds is 8. The Hall–Kier alpha value is -1.97. The van der Waals surface area contributed by atoms with E-state index in [1.165, 1.54) is 24.3 Å². The molecule has 154 valence electrons. The molecule has 0 aliphatic carbocycles. The van der Waals surface area contributed by atoms with Crippen LogP contribution in [-0.2, 0) is 19.6 Å². The van der Waals surface area contributed by atoms with Crippen LogP contribution in [0, 0.1) is 0 Å². The van der Waals surface area contributed by atoms with Gasteiger partial charge in [0.05, 0.1) is 11.0 Å². The number of amides is 2. The standard InChI is InChI=1S/C19H27N3O5S/c23-18(22-11-1-2-12-22)9-10-20-19(24)15-5-7-17(8-6-15)28(25,26)21-14-16-4-3-13-27-16/h5-8,16,21H,1-4,9-14H2,(H,20,24). The summed E-state index contributed by atoms with van der Waals surface area (Å²) in [7, 11) is -3.64. The lowest BCUT2D eigenvalue weighted by atomic mass is 10.2.